The van der Waals surface area contributed by atoms with Gasteiger partial charge in [0.15, 0.2) is 0 Å². The third-order valence-corrected chi connectivity index (χ3v) is 3.82. The van der Waals surface area contributed by atoms with E-state index in [2.05, 4.69) is 54.2 Å². The van der Waals surface area contributed by atoms with E-state index in [1.807, 2.05) is 0 Å². The summed E-state index contributed by atoms with van der Waals surface area (Å²) in [5.74, 6) is 1.01. The van der Waals surface area contributed by atoms with Crippen molar-refractivity contribution in [3.8, 4) is 5.75 Å². The van der Waals surface area contributed by atoms with Gasteiger partial charge in [0, 0.05) is 33.2 Å². The molecule has 3 rings (SSSR count). The van der Waals surface area contributed by atoms with Crippen LogP contribution in [0.4, 0.5) is 11.4 Å². The normalized spacial score (nSPS) is 21.8. The maximum Gasteiger partial charge on any atom is 0.145 e. The van der Waals surface area contributed by atoms with E-state index in [-0.39, 0.29) is 5.60 Å². The minimum Gasteiger partial charge on any atom is -0.484 e. The monoisotopic (exact) mass is 261 g/mol. The lowest BCUT2D eigenvalue weighted by Crippen LogP contribution is -2.47. The van der Waals surface area contributed by atoms with Gasteiger partial charge in [-0.15, -0.1) is 0 Å². The van der Waals surface area contributed by atoms with Gasteiger partial charge in [-0.1, -0.05) is 6.07 Å². The van der Waals surface area contributed by atoms with E-state index in [0.29, 0.717) is 0 Å². The number of rotatable bonds is 1. The molecule has 1 aromatic rings. The number of hydrogen-bond acceptors (Lipinski definition) is 4. The van der Waals surface area contributed by atoms with Crippen LogP contribution in [0.15, 0.2) is 18.2 Å². The van der Waals surface area contributed by atoms with Crippen LogP contribution in [0.5, 0.6) is 5.75 Å². The zero-order valence-electron chi connectivity index (χ0n) is 12.1. The topological polar surface area (TPSA) is 27.7 Å². The van der Waals surface area contributed by atoms with E-state index in [1.54, 1.807) is 0 Å². The van der Waals surface area contributed by atoms with Gasteiger partial charge in [-0.05, 0) is 26.0 Å². The average molecular weight is 261 g/mol. The van der Waals surface area contributed by atoms with E-state index >= 15 is 0 Å². The van der Waals surface area contributed by atoms with Crippen molar-refractivity contribution in [2.45, 2.75) is 19.4 Å². The van der Waals surface area contributed by atoms with E-state index in [0.717, 1.165) is 38.5 Å². The molecule has 4 nitrogen and oxygen atoms in total. The Bertz CT molecular complexity index is 466. The first-order chi connectivity index (χ1) is 9.07. The van der Waals surface area contributed by atoms with E-state index in [1.165, 1.54) is 11.4 Å². The Labute approximate surface area is 115 Å². The predicted molar refractivity (Wildman–Crippen MR) is 79.5 cm³/mol. The molecule has 1 aromatic carbocycles. The SMILES string of the molecule is CN1CC(C)(C)Oc2cccc(N3CCNCC3)c21. The molecule has 104 valence electrons. The van der Waals surface area contributed by atoms with Crippen molar-refractivity contribution in [1.29, 1.82) is 0 Å². The summed E-state index contributed by atoms with van der Waals surface area (Å²) >= 11 is 0. The van der Waals surface area contributed by atoms with Crippen molar-refractivity contribution in [3.05, 3.63) is 18.2 Å². The molecule has 0 spiro atoms. The molecule has 2 aliphatic heterocycles. The predicted octanol–water partition coefficient (Wildman–Crippen LogP) is 1.70. The molecule has 1 N–H and O–H groups in total. The van der Waals surface area contributed by atoms with Gasteiger partial charge in [-0.2, -0.15) is 0 Å². The van der Waals surface area contributed by atoms with Crippen molar-refractivity contribution in [2.75, 3.05) is 49.6 Å². The Kier molecular flexibility index (Phi) is 3.05. The highest BCUT2D eigenvalue weighted by Gasteiger charge is 2.32. The van der Waals surface area contributed by atoms with Gasteiger partial charge in [0.25, 0.3) is 0 Å². The number of para-hydroxylation sites is 1. The minimum absolute atomic E-state index is 0.121. The molecule has 0 aliphatic carbocycles. The lowest BCUT2D eigenvalue weighted by Gasteiger charge is -2.42. The summed E-state index contributed by atoms with van der Waals surface area (Å²) in [5, 5.41) is 3.40. The summed E-state index contributed by atoms with van der Waals surface area (Å²) < 4.78 is 6.14. The average Bonchev–Trinajstić information content (AvgIpc) is 2.37. The minimum atomic E-state index is -0.121. The quantitative estimate of drug-likeness (QED) is 0.833. The van der Waals surface area contributed by atoms with Gasteiger partial charge in [-0.25, -0.2) is 0 Å². The summed E-state index contributed by atoms with van der Waals surface area (Å²) in [5.41, 5.74) is 2.42. The van der Waals surface area contributed by atoms with Gasteiger partial charge in [0.05, 0.1) is 12.2 Å². The zero-order chi connectivity index (χ0) is 13.5. The Balaban J connectivity index is 1.99. The first-order valence-corrected chi connectivity index (χ1v) is 7.06. The van der Waals surface area contributed by atoms with Gasteiger partial charge < -0.3 is 19.9 Å². The first-order valence-electron chi connectivity index (χ1n) is 7.06. The molecule has 4 heteroatoms. The Morgan fingerprint density at radius 3 is 2.68 bits per heavy atom. The third kappa shape index (κ3) is 2.37. The fourth-order valence-electron chi connectivity index (χ4n) is 3.12. The maximum atomic E-state index is 6.14. The van der Waals surface area contributed by atoms with Crippen LogP contribution in [-0.4, -0.2) is 45.4 Å². The van der Waals surface area contributed by atoms with Crippen LogP contribution in [0.25, 0.3) is 0 Å². The first kappa shape index (κ1) is 12.6. The molecule has 0 saturated carbocycles. The standard InChI is InChI=1S/C15H23N3O/c1-15(2)11-17(3)14-12(5-4-6-13(14)19-15)18-9-7-16-8-10-18/h4-6,16H,7-11H2,1-3H3. The van der Waals surface area contributed by atoms with Crippen LogP contribution < -0.4 is 19.9 Å². The highest BCUT2D eigenvalue weighted by atomic mass is 16.5. The van der Waals surface area contributed by atoms with E-state index in [4.69, 9.17) is 4.74 Å². The zero-order valence-corrected chi connectivity index (χ0v) is 12.1. The van der Waals surface area contributed by atoms with Crippen molar-refractivity contribution in [2.24, 2.45) is 0 Å². The fourth-order valence-corrected chi connectivity index (χ4v) is 3.12. The van der Waals surface area contributed by atoms with E-state index in [9.17, 15) is 0 Å². The van der Waals surface area contributed by atoms with Crippen LogP contribution in [-0.2, 0) is 0 Å². The summed E-state index contributed by atoms with van der Waals surface area (Å²) in [6.07, 6.45) is 0. The number of ether oxygens (including phenoxy) is 1. The summed E-state index contributed by atoms with van der Waals surface area (Å²) in [7, 11) is 2.16. The van der Waals surface area contributed by atoms with Crippen LogP contribution in [0.3, 0.4) is 0 Å². The van der Waals surface area contributed by atoms with E-state index < -0.39 is 0 Å². The summed E-state index contributed by atoms with van der Waals surface area (Å²) in [4.78, 5) is 4.78. The van der Waals surface area contributed by atoms with Crippen LogP contribution >= 0.6 is 0 Å². The summed E-state index contributed by atoms with van der Waals surface area (Å²) in [6, 6.07) is 6.40. The molecule has 2 aliphatic rings. The number of anilines is 2. The van der Waals surface area contributed by atoms with Gasteiger partial charge in [0.1, 0.15) is 17.0 Å². The molecule has 0 amide bonds. The van der Waals surface area contributed by atoms with Gasteiger partial charge >= 0.3 is 0 Å². The van der Waals surface area contributed by atoms with Gasteiger partial charge in [0.2, 0.25) is 0 Å². The maximum absolute atomic E-state index is 6.14. The molecule has 0 aromatic heterocycles. The number of nitrogens with zero attached hydrogens (tertiary/aromatic N) is 2. The number of likely N-dealkylation sites (N-methyl/N-ethyl adjacent to an activating group) is 1. The van der Waals surface area contributed by atoms with Crippen molar-refractivity contribution in [1.82, 2.24) is 5.32 Å². The highest BCUT2D eigenvalue weighted by Crippen LogP contribution is 2.43. The molecule has 0 bridgehead atoms. The number of fused-ring (bicyclic) bond motifs is 1. The second-order valence-electron chi connectivity index (χ2n) is 6.08. The molecular weight excluding hydrogens is 238 g/mol. The number of piperazine rings is 1. The fraction of sp³-hybridized carbons (Fsp3) is 0.600. The Morgan fingerprint density at radius 1 is 1.21 bits per heavy atom. The lowest BCUT2D eigenvalue weighted by molar-refractivity contribution is 0.107. The molecule has 1 fully saturated rings. The highest BCUT2D eigenvalue weighted by molar-refractivity contribution is 5.78. The third-order valence-electron chi connectivity index (χ3n) is 3.82. The molecule has 0 unspecified atom stereocenters. The largest absolute Gasteiger partial charge is 0.484 e. The smallest absolute Gasteiger partial charge is 0.145 e. The summed E-state index contributed by atoms with van der Waals surface area (Å²) in [6.45, 7) is 9.44. The van der Waals surface area contributed by atoms with Gasteiger partial charge in [-0.3, -0.25) is 0 Å². The van der Waals surface area contributed by atoms with Crippen molar-refractivity contribution in [3.63, 3.8) is 0 Å². The molecule has 19 heavy (non-hydrogen) atoms. The second kappa shape index (κ2) is 4.60. The molecular formula is C15H23N3O. The molecule has 1 saturated heterocycles. The molecule has 0 atom stereocenters. The molecule has 0 radical (unpaired) electrons. The van der Waals surface area contributed by atoms with Crippen molar-refractivity contribution < 1.29 is 4.74 Å². The number of nitrogens with one attached hydrogen (secondary N) is 1. The van der Waals surface area contributed by atoms with Crippen molar-refractivity contribution >= 4 is 11.4 Å². The van der Waals surface area contributed by atoms with Crippen LogP contribution in [0.2, 0.25) is 0 Å². The Morgan fingerprint density at radius 2 is 1.95 bits per heavy atom. The second-order valence-corrected chi connectivity index (χ2v) is 6.08. The molecule has 2 heterocycles. The van der Waals surface area contributed by atoms with Crippen LogP contribution in [0.1, 0.15) is 13.8 Å². The Hall–Kier alpha value is -1.42. The number of hydrogen-bond donors (Lipinski definition) is 1. The number of benzene rings is 1. The lowest BCUT2D eigenvalue weighted by atomic mass is 10.0. The van der Waals surface area contributed by atoms with Crippen LogP contribution in [0, 0.1) is 0 Å².